The van der Waals surface area contributed by atoms with Crippen LogP contribution in [0.5, 0.6) is 5.75 Å². The molecule has 1 amide bonds. The minimum absolute atomic E-state index is 0.00540. The molecular weight excluding hydrogens is 184 g/mol. The summed E-state index contributed by atoms with van der Waals surface area (Å²) in [6, 6.07) is 1.69. The lowest BCUT2D eigenvalue weighted by molar-refractivity contribution is -0.118. The number of aryl methyl sites for hydroxylation is 1. The average Bonchev–Trinajstić information content (AvgIpc) is 2.17. The summed E-state index contributed by atoms with van der Waals surface area (Å²) in [6.45, 7) is 1.76. The van der Waals surface area contributed by atoms with Crippen LogP contribution < -0.4 is 10.1 Å². The van der Waals surface area contributed by atoms with Crippen molar-refractivity contribution in [3.05, 3.63) is 17.3 Å². The predicted molar refractivity (Wildman–Crippen MR) is 48.5 cm³/mol. The number of aromatic nitrogens is 1. The Morgan fingerprint density at radius 2 is 2.43 bits per heavy atom. The summed E-state index contributed by atoms with van der Waals surface area (Å²) in [4.78, 5) is 25.5. The lowest BCUT2D eigenvalue weighted by Gasteiger charge is -2.17. The van der Waals surface area contributed by atoms with E-state index in [0.29, 0.717) is 23.5 Å². The molecule has 72 valence electrons. The monoisotopic (exact) mass is 192 g/mol. The molecule has 0 aliphatic carbocycles. The highest BCUT2D eigenvalue weighted by molar-refractivity contribution is 5.94. The lowest BCUT2D eigenvalue weighted by atomic mass is 10.2. The van der Waals surface area contributed by atoms with E-state index >= 15 is 0 Å². The Labute approximate surface area is 80.1 Å². The fraction of sp³-hybridized carbons (Fsp3) is 0.222. The maximum absolute atomic E-state index is 10.9. The predicted octanol–water partition coefficient (Wildman–Crippen LogP) is 0.533. The SMILES string of the molecule is Cc1cc2c(nc1C=O)NC(=O)CO2. The number of aldehydes is 1. The molecule has 1 aromatic heterocycles. The molecule has 2 rings (SSSR count). The minimum Gasteiger partial charge on any atom is -0.480 e. The summed E-state index contributed by atoms with van der Waals surface area (Å²) < 4.78 is 5.13. The van der Waals surface area contributed by atoms with Gasteiger partial charge < -0.3 is 10.1 Å². The molecule has 0 radical (unpaired) electrons. The van der Waals surface area contributed by atoms with E-state index in [4.69, 9.17) is 4.74 Å². The molecule has 0 bridgehead atoms. The lowest BCUT2D eigenvalue weighted by Crippen LogP contribution is -2.26. The second-order valence-corrected chi connectivity index (χ2v) is 2.99. The second kappa shape index (κ2) is 3.10. The summed E-state index contributed by atoms with van der Waals surface area (Å²) in [6.07, 6.45) is 0.649. The quantitative estimate of drug-likeness (QED) is 0.659. The Bertz CT molecular complexity index is 415. The summed E-state index contributed by atoms with van der Waals surface area (Å²) >= 11 is 0. The zero-order valence-corrected chi connectivity index (χ0v) is 7.53. The maximum Gasteiger partial charge on any atom is 0.263 e. The highest BCUT2D eigenvalue weighted by Crippen LogP contribution is 2.26. The van der Waals surface area contributed by atoms with Crippen LogP contribution in [0.1, 0.15) is 16.1 Å². The molecule has 0 fully saturated rings. The van der Waals surface area contributed by atoms with Crippen LogP contribution in [0.4, 0.5) is 5.82 Å². The third kappa shape index (κ3) is 1.32. The molecule has 14 heavy (non-hydrogen) atoms. The Morgan fingerprint density at radius 1 is 1.64 bits per heavy atom. The van der Waals surface area contributed by atoms with E-state index in [9.17, 15) is 9.59 Å². The molecule has 0 spiro atoms. The van der Waals surface area contributed by atoms with Gasteiger partial charge in [-0.05, 0) is 18.6 Å². The number of carbonyl (C=O) groups is 2. The van der Waals surface area contributed by atoms with Crippen LogP contribution in [-0.4, -0.2) is 23.8 Å². The van der Waals surface area contributed by atoms with E-state index in [-0.39, 0.29) is 12.5 Å². The van der Waals surface area contributed by atoms with Crippen LogP contribution in [-0.2, 0) is 4.79 Å². The highest BCUT2D eigenvalue weighted by Gasteiger charge is 2.18. The normalized spacial score (nSPS) is 13.9. The second-order valence-electron chi connectivity index (χ2n) is 2.99. The van der Waals surface area contributed by atoms with Crippen molar-refractivity contribution in [3.8, 4) is 5.75 Å². The minimum atomic E-state index is -0.259. The zero-order valence-electron chi connectivity index (χ0n) is 7.53. The molecule has 1 N–H and O–H groups in total. The third-order valence-electron chi connectivity index (χ3n) is 1.95. The van der Waals surface area contributed by atoms with Gasteiger partial charge in [-0.2, -0.15) is 0 Å². The third-order valence-corrected chi connectivity index (χ3v) is 1.95. The van der Waals surface area contributed by atoms with Crippen molar-refractivity contribution in [2.45, 2.75) is 6.92 Å². The standard InChI is InChI=1S/C9H8N2O3/c1-5-2-7-9(10-6(5)3-12)11-8(13)4-14-7/h2-3H,4H2,1H3,(H,10,11,13). The van der Waals surface area contributed by atoms with E-state index in [1.165, 1.54) is 0 Å². The van der Waals surface area contributed by atoms with E-state index in [1.54, 1.807) is 13.0 Å². The van der Waals surface area contributed by atoms with E-state index in [0.717, 1.165) is 5.56 Å². The van der Waals surface area contributed by atoms with Crippen LogP contribution in [0.25, 0.3) is 0 Å². The van der Waals surface area contributed by atoms with Gasteiger partial charge in [0.2, 0.25) is 0 Å². The molecule has 0 saturated carbocycles. The van der Waals surface area contributed by atoms with Gasteiger partial charge in [-0.3, -0.25) is 9.59 Å². The number of carbonyl (C=O) groups excluding carboxylic acids is 2. The Morgan fingerprint density at radius 3 is 3.14 bits per heavy atom. The molecule has 5 nitrogen and oxygen atoms in total. The summed E-state index contributed by atoms with van der Waals surface area (Å²) in [7, 11) is 0. The molecule has 5 heteroatoms. The van der Waals surface area contributed by atoms with Gasteiger partial charge in [-0.1, -0.05) is 0 Å². The first-order valence-corrected chi connectivity index (χ1v) is 4.10. The fourth-order valence-corrected chi connectivity index (χ4v) is 1.23. The number of ether oxygens (including phenoxy) is 1. The molecule has 1 aliphatic rings. The fourth-order valence-electron chi connectivity index (χ4n) is 1.23. The first kappa shape index (κ1) is 8.68. The van der Waals surface area contributed by atoms with Crippen LogP contribution in [0, 0.1) is 6.92 Å². The molecule has 0 aromatic carbocycles. The van der Waals surface area contributed by atoms with E-state index in [1.807, 2.05) is 0 Å². The number of fused-ring (bicyclic) bond motifs is 1. The molecule has 0 atom stereocenters. The summed E-state index contributed by atoms with van der Waals surface area (Å²) in [5, 5.41) is 2.53. The topological polar surface area (TPSA) is 68.3 Å². The van der Waals surface area contributed by atoms with Crippen molar-refractivity contribution in [3.63, 3.8) is 0 Å². The van der Waals surface area contributed by atoms with Crippen LogP contribution in [0.3, 0.4) is 0 Å². The van der Waals surface area contributed by atoms with Crippen molar-refractivity contribution in [1.29, 1.82) is 0 Å². The van der Waals surface area contributed by atoms with Crippen molar-refractivity contribution in [2.24, 2.45) is 0 Å². The Kier molecular flexibility index (Phi) is 1.92. The number of nitrogens with zero attached hydrogens (tertiary/aromatic N) is 1. The number of anilines is 1. The summed E-state index contributed by atoms with van der Waals surface area (Å²) in [5.74, 6) is 0.562. The van der Waals surface area contributed by atoms with Crippen LogP contribution in [0.15, 0.2) is 6.07 Å². The van der Waals surface area contributed by atoms with Gasteiger partial charge in [-0.25, -0.2) is 4.98 Å². The number of rotatable bonds is 1. The smallest absolute Gasteiger partial charge is 0.263 e. The molecule has 0 unspecified atom stereocenters. The Hall–Kier alpha value is -1.91. The van der Waals surface area contributed by atoms with Gasteiger partial charge >= 0.3 is 0 Å². The van der Waals surface area contributed by atoms with Gasteiger partial charge in [0.15, 0.2) is 24.5 Å². The number of hydrogen-bond donors (Lipinski definition) is 1. The number of pyridine rings is 1. The van der Waals surface area contributed by atoms with Crippen molar-refractivity contribution >= 4 is 18.0 Å². The van der Waals surface area contributed by atoms with Crippen molar-refractivity contribution in [1.82, 2.24) is 4.98 Å². The van der Waals surface area contributed by atoms with Crippen LogP contribution in [0.2, 0.25) is 0 Å². The summed E-state index contributed by atoms with van der Waals surface area (Å²) in [5.41, 5.74) is 1.05. The van der Waals surface area contributed by atoms with Crippen molar-refractivity contribution in [2.75, 3.05) is 11.9 Å². The first-order chi connectivity index (χ1) is 6.70. The number of amides is 1. The maximum atomic E-state index is 10.9. The van der Waals surface area contributed by atoms with Gasteiger partial charge in [-0.15, -0.1) is 0 Å². The molecular formula is C9H8N2O3. The molecule has 2 heterocycles. The number of hydrogen-bond acceptors (Lipinski definition) is 4. The Balaban J connectivity index is 2.51. The van der Waals surface area contributed by atoms with E-state index < -0.39 is 0 Å². The van der Waals surface area contributed by atoms with E-state index in [2.05, 4.69) is 10.3 Å². The molecule has 1 aromatic rings. The first-order valence-electron chi connectivity index (χ1n) is 4.10. The van der Waals surface area contributed by atoms with Gasteiger partial charge in [0, 0.05) is 0 Å². The largest absolute Gasteiger partial charge is 0.480 e. The van der Waals surface area contributed by atoms with Crippen molar-refractivity contribution < 1.29 is 14.3 Å². The van der Waals surface area contributed by atoms with Crippen LogP contribution >= 0.6 is 0 Å². The average molecular weight is 192 g/mol. The number of nitrogens with one attached hydrogen (secondary N) is 1. The molecule has 1 aliphatic heterocycles. The molecule has 0 saturated heterocycles. The van der Waals surface area contributed by atoms with Gasteiger partial charge in [0.05, 0.1) is 0 Å². The van der Waals surface area contributed by atoms with Gasteiger partial charge in [0.25, 0.3) is 5.91 Å². The highest BCUT2D eigenvalue weighted by atomic mass is 16.5. The van der Waals surface area contributed by atoms with Gasteiger partial charge in [0.1, 0.15) is 5.69 Å². The zero-order chi connectivity index (χ0) is 10.1.